The zero-order valence-electron chi connectivity index (χ0n) is 51.3. The van der Waals surface area contributed by atoms with Gasteiger partial charge in [-0.1, -0.05) is 18.1 Å². The van der Waals surface area contributed by atoms with E-state index in [9.17, 15) is 0 Å². The highest BCUT2D eigenvalue weighted by Gasteiger charge is 2.40. The van der Waals surface area contributed by atoms with E-state index in [2.05, 4.69) is 55.1 Å². The first-order valence-corrected chi connectivity index (χ1v) is 42.0. The van der Waals surface area contributed by atoms with Crippen molar-refractivity contribution in [1.29, 1.82) is 0 Å². The Hall–Kier alpha value is 0.581. The molecular formula is C54H113N3O15Si6. The Morgan fingerprint density at radius 3 is 0.987 bits per heavy atom. The molecule has 3 aliphatic rings. The molecule has 0 amide bonds. The average molecular weight is 1210 g/mol. The van der Waals surface area contributed by atoms with Crippen LogP contribution >= 0.6 is 0 Å². The lowest BCUT2D eigenvalue weighted by Gasteiger charge is -2.38. The molecule has 0 aromatic heterocycles. The lowest BCUT2D eigenvalue weighted by Crippen LogP contribution is -2.51. The van der Waals surface area contributed by atoms with Gasteiger partial charge in [-0.2, -0.15) is 0 Å². The summed E-state index contributed by atoms with van der Waals surface area (Å²) < 4.78 is 96.0. The van der Waals surface area contributed by atoms with E-state index in [1.807, 2.05) is 41.5 Å². The smallest absolute Gasteiger partial charge is 0.335 e. The lowest BCUT2D eigenvalue weighted by molar-refractivity contribution is -0.103. The summed E-state index contributed by atoms with van der Waals surface area (Å²) in [5.41, 5.74) is 0. The van der Waals surface area contributed by atoms with Gasteiger partial charge in [-0.05, 0) is 178 Å². The Bertz CT molecular complexity index is 1360. The van der Waals surface area contributed by atoms with Crippen LogP contribution in [0.4, 0.5) is 0 Å². The van der Waals surface area contributed by atoms with Gasteiger partial charge in [0.05, 0.1) is 51.3 Å². The van der Waals surface area contributed by atoms with Crippen molar-refractivity contribution in [2.45, 2.75) is 199 Å². The van der Waals surface area contributed by atoms with Crippen molar-refractivity contribution in [2.75, 3.05) is 151 Å². The molecule has 3 rings (SSSR count). The quantitative estimate of drug-likeness (QED) is 0.0335. The van der Waals surface area contributed by atoms with Crippen LogP contribution < -0.4 is 0 Å². The first-order chi connectivity index (χ1) is 37.8. The molecule has 0 aromatic carbocycles. The summed E-state index contributed by atoms with van der Waals surface area (Å²) >= 11 is 0. The topological polar surface area (TPSA) is 148 Å². The van der Waals surface area contributed by atoms with Crippen LogP contribution in [0.1, 0.15) is 101 Å². The van der Waals surface area contributed by atoms with Crippen LogP contribution in [-0.2, 0) is 69.2 Å². The fraction of sp³-hybridized carbons (Fsp3) is 1.00. The molecule has 6 atom stereocenters. The van der Waals surface area contributed by atoms with Gasteiger partial charge in [0, 0.05) is 79.1 Å². The van der Waals surface area contributed by atoms with E-state index < -0.39 is 25.7 Å². The highest BCUT2D eigenvalue weighted by Crippen LogP contribution is 2.26. The van der Waals surface area contributed by atoms with Crippen LogP contribution in [0, 0.1) is 0 Å². The van der Waals surface area contributed by atoms with Gasteiger partial charge in [-0.3, -0.25) is 0 Å². The fourth-order valence-electron chi connectivity index (χ4n) is 10.5. The van der Waals surface area contributed by atoms with Gasteiger partial charge in [-0.25, -0.2) is 0 Å². The molecule has 0 N–H and O–H groups in total. The molecule has 3 heterocycles. The van der Waals surface area contributed by atoms with Crippen molar-refractivity contribution in [3.8, 4) is 0 Å². The zero-order chi connectivity index (χ0) is 56.8. The summed E-state index contributed by atoms with van der Waals surface area (Å²) in [6.07, 6.45) is 5.55. The van der Waals surface area contributed by atoms with E-state index in [-0.39, 0.29) is 42.2 Å². The van der Waals surface area contributed by atoms with Gasteiger partial charge in [0.1, 0.15) is 52.4 Å². The van der Waals surface area contributed by atoms with E-state index in [1.54, 1.807) is 0 Å². The lowest BCUT2D eigenvalue weighted by atomic mass is 10.2. The maximum atomic E-state index is 7.06. The predicted molar refractivity (Wildman–Crippen MR) is 320 cm³/mol. The van der Waals surface area contributed by atoms with E-state index in [4.69, 9.17) is 69.2 Å². The van der Waals surface area contributed by atoms with Crippen LogP contribution in [0.15, 0.2) is 0 Å². The normalized spacial score (nSPS) is 26.3. The van der Waals surface area contributed by atoms with Gasteiger partial charge in [-0.15, -0.1) is 0 Å². The van der Waals surface area contributed by atoms with Crippen molar-refractivity contribution in [2.24, 2.45) is 0 Å². The van der Waals surface area contributed by atoms with E-state index >= 15 is 0 Å². The molecule has 3 aliphatic heterocycles. The second-order valence-corrected chi connectivity index (χ2v) is 34.8. The number of hydrogen-bond donors (Lipinski definition) is 0. The average Bonchev–Trinajstić information content (AvgIpc) is 3.39. The first kappa shape index (κ1) is 72.8. The summed E-state index contributed by atoms with van der Waals surface area (Å²) in [5, 5.41) is 0. The first-order valence-electron chi connectivity index (χ1n) is 30.6. The fourth-order valence-corrected chi connectivity index (χ4v) is 21.8. The standard InChI is InChI=1S/C54H113N3O15Si6/c1-13-60-52(61-14-2)73-34-22-28-55-31-25-37-76(10,67-19-7)70-48(40-55)43-58-45-51(66-47-50-42-57(33-27-39-78(12,72-50)69-21-9)30-24-36-75-54(64-17-5)65-18-6)46-59-44-49-41-56(32-26-38-77(11,71-49)68-20-8)29-23-35-74-53(62-15-3)63-16-4/h48-54H,13-47H2,1-12H3. The van der Waals surface area contributed by atoms with Gasteiger partial charge in [0.15, 0.2) is 0 Å². The molecule has 0 aliphatic carbocycles. The van der Waals surface area contributed by atoms with Crippen LogP contribution in [-0.4, -0.2) is 262 Å². The minimum absolute atomic E-state index is 0.115. The molecule has 458 valence electrons. The second kappa shape index (κ2) is 44.1. The van der Waals surface area contributed by atoms with Crippen molar-refractivity contribution in [1.82, 2.24) is 14.7 Å². The number of ether oxygens (including phenoxy) is 9. The van der Waals surface area contributed by atoms with Crippen molar-refractivity contribution < 1.29 is 69.2 Å². The van der Waals surface area contributed by atoms with Gasteiger partial charge < -0.3 is 83.9 Å². The van der Waals surface area contributed by atoms with Crippen molar-refractivity contribution in [3.05, 3.63) is 0 Å². The molecular weight excluding hydrogens is 1100 g/mol. The predicted octanol–water partition coefficient (Wildman–Crippen LogP) is 7.61. The molecule has 6 unspecified atom stereocenters. The second-order valence-electron chi connectivity index (χ2n) is 20.8. The summed E-state index contributed by atoms with van der Waals surface area (Å²) in [5.74, 6) is -0.350. The third-order valence-electron chi connectivity index (χ3n) is 13.8. The van der Waals surface area contributed by atoms with Crippen LogP contribution in [0.25, 0.3) is 0 Å². The molecule has 0 saturated carbocycles. The zero-order valence-corrected chi connectivity index (χ0v) is 57.3. The third-order valence-corrected chi connectivity index (χ3v) is 26.7. The van der Waals surface area contributed by atoms with Gasteiger partial charge >= 0.3 is 25.7 Å². The Labute approximate surface area is 486 Å². The molecule has 0 aromatic rings. The summed E-state index contributed by atoms with van der Waals surface area (Å²) in [6, 6.07) is 6.02. The molecule has 3 fully saturated rings. The van der Waals surface area contributed by atoms with E-state index in [0.717, 1.165) is 134 Å². The highest BCUT2D eigenvalue weighted by molar-refractivity contribution is 6.66. The Morgan fingerprint density at radius 1 is 0.410 bits per heavy atom. The highest BCUT2D eigenvalue weighted by atomic mass is 28.4. The molecule has 18 nitrogen and oxygen atoms in total. The van der Waals surface area contributed by atoms with E-state index in [0.29, 0.717) is 121 Å². The number of hydrogen-bond acceptors (Lipinski definition) is 18. The minimum atomic E-state index is -2.46. The third kappa shape index (κ3) is 32.2. The molecule has 24 heteroatoms. The Balaban J connectivity index is 1.81. The van der Waals surface area contributed by atoms with Crippen molar-refractivity contribution in [3.63, 3.8) is 0 Å². The molecule has 3 saturated heterocycles. The molecule has 6 radical (unpaired) electrons. The SMILES string of the molecule is CCOC(OCC)[Si]CCCN1CCC[Si](C)(OCC)OC(COCC(COCC2CN(CCC[Si]C(OCC)OCC)CCC[Si](C)(OCC)O2)OCC2CN(CCC[Si]C(OCC)OCC)CCC[Si](C)(OCC)O2)C1. The maximum absolute atomic E-state index is 7.06. The van der Waals surface area contributed by atoms with Crippen LogP contribution in [0.5, 0.6) is 0 Å². The summed E-state index contributed by atoms with van der Waals surface area (Å²) in [6.45, 7) is 41.2. The largest absolute Gasteiger partial charge is 0.395 e. The molecule has 78 heavy (non-hydrogen) atoms. The minimum Gasteiger partial charge on any atom is -0.395 e. The van der Waals surface area contributed by atoms with Crippen molar-refractivity contribution >= 4 is 54.2 Å². The van der Waals surface area contributed by atoms with Crippen LogP contribution in [0.3, 0.4) is 0 Å². The molecule has 0 bridgehead atoms. The number of nitrogens with zero attached hydrogens (tertiary/aromatic N) is 3. The summed E-state index contributed by atoms with van der Waals surface area (Å²) in [4.78, 5) is 7.66. The maximum Gasteiger partial charge on any atom is 0.335 e. The van der Waals surface area contributed by atoms with Gasteiger partial charge in [0.2, 0.25) is 0 Å². The Morgan fingerprint density at radius 2 is 0.705 bits per heavy atom. The van der Waals surface area contributed by atoms with E-state index in [1.165, 1.54) is 0 Å². The van der Waals surface area contributed by atoms with Crippen LogP contribution in [0.2, 0.25) is 55.9 Å². The monoisotopic (exact) mass is 1210 g/mol. The Kier molecular flexibility index (Phi) is 41.2. The number of rotatable bonds is 44. The van der Waals surface area contributed by atoms with Gasteiger partial charge in [0.25, 0.3) is 0 Å². The summed E-state index contributed by atoms with van der Waals surface area (Å²) in [7, 11) is -5.48. The molecule has 0 spiro atoms.